The van der Waals surface area contributed by atoms with E-state index in [-0.39, 0.29) is 11.1 Å². The first-order valence-electron chi connectivity index (χ1n) is 9.32. The largest absolute Gasteiger partial charge is 0.687 e. The fourth-order valence-corrected chi connectivity index (χ4v) is 0.653. The topological polar surface area (TPSA) is 40.6 Å². The van der Waals surface area contributed by atoms with E-state index in [1.54, 1.807) is 0 Å². The molecule has 0 aromatic heterocycles. The quantitative estimate of drug-likeness (QED) is 0.302. The molecule has 0 amide bonds. The Morgan fingerprint density at radius 3 is 1.16 bits per heavy atom. The third-order valence-corrected chi connectivity index (χ3v) is 4.37. The monoisotopic (exact) mass is 523 g/mol. The number of hydrogen-bond donors (Lipinski definition) is 0. The van der Waals surface area contributed by atoms with Gasteiger partial charge in [-0.3, -0.25) is 0 Å². The van der Waals surface area contributed by atoms with E-state index in [2.05, 4.69) is 69.5 Å². The van der Waals surface area contributed by atoms with Gasteiger partial charge in [-0.25, -0.2) is 12.4 Å². The van der Waals surface area contributed by atoms with Crippen molar-refractivity contribution in [2.45, 2.75) is 113 Å². The molecule has 0 aliphatic carbocycles. The number of nitrogens with zero attached hydrogens (tertiary/aromatic N) is 3. The minimum absolute atomic E-state index is 0.0440. The Morgan fingerprint density at radius 1 is 0.840 bits per heavy atom. The average Bonchev–Trinajstić information content (AvgIpc) is 2.54. The van der Waals surface area contributed by atoms with Crippen molar-refractivity contribution in [3.63, 3.8) is 0 Å². The van der Waals surface area contributed by atoms with Gasteiger partial charge in [-0.05, 0) is 0 Å². The molecule has 0 radical (unpaired) electrons. The minimum Gasteiger partial charge on any atom is -0.687 e. The maximum Gasteiger partial charge on any atom is -0.0663 e. The zero-order valence-corrected chi connectivity index (χ0v) is 22.0. The molecule has 0 spiro atoms. The van der Waals surface area contributed by atoms with Gasteiger partial charge in [-0.15, -0.1) is 11.1 Å². The van der Waals surface area contributed by atoms with Gasteiger partial charge in [0.2, 0.25) is 0 Å². The second-order valence-corrected chi connectivity index (χ2v) is 8.00. The van der Waals surface area contributed by atoms with E-state index in [1.165, 1.54) is 19.6 Å². The average molecular weight is 523 g/mol. The minimum atomic E-state index is 0.0440. The van der Waals surface area contributed by atoms with Crippen LogP contribution < -0.4 is 0 Å². The second-order valence-electron chi connectivity index (χ2n) is 7.24. The molecule has 0 aromatic rings. The number of rotatable bonds is 7. The van der Waals surface area contributed by atoms with E-state index in [4.69, 9.17) is 0 Å². The molecule has 0 atom stereocenters. The molecular weight excluding hydrogens is 478 g/mol. The van der Waals surface area contributed by atoms with Crippen molar-refractivity contribution in [3.8, 4) is 0 Å². The van der Waals surface area contributed by atoms with Gasteiger partial charge in [0.25, 0.3) is 0 Å². The van der Waals surface area contributed by atoms with Gasteiger partial charge in [-0.1, -0.05) is 54.4 Å². The van der Waals surface area contributed by atoms with Crippen LogP contribution >= 0.6 is 0 Å². The van der Waals surface area contributed by atoms with Crippen molar-refractivity contribution in [3.05, 3.63) is 35.9 Å². The van der Waals surface area contributed by atoms with Crippen LogP contribution in [-0.4, -0.2) is 17.1 Å². The Morgan fingerprint density at radius 2 is 1.04 bits per heavy atom. The molecule has 0 aromatic carbocycles. The summed E-state index contributed by atoms with van der Waals surface area (Å²) in [6.07, 6.45) is 9.74. The number of hydrogen-bond acceptors (Lipinski definition) is 1. The van der Waals surface area contributed by atoms with Gasteiger partial charge < -0.3 is 23.5 Å². The van der Waals surface area contributed by atoms with Crippen molar-refractivity contribution in [2.75, 3.05) is 0 Å². The van der Waals surface area contributed by atoms with E-state index in [0.29, 0.717) is 6.04 Å². The standard InChI is InChI=1S/C12H24N2.C3H7N.2C3H7.W/c1-7-11(3,4)13-9-10-14-12(5,6)8-2;1-3(2)4;2*1-3-2;/h9-10H,7-8H2,1-6H3;3H,1-2H3;2*3H,1-2H3;/q-2;;2*-1;/b10-9-;;;;. The molecule has 25 heavy (non-hydrogen) atoms. The molecule has 0 fully saturated rings. The first-order valence-corrected chi connectivity index (χ1v) is 10.6. The van der Waals surface area contributed by atoms with Gasteiger partial charge >= 0.3 is 43.0 Å². The first-order chi connectivity index (χ1) is 11.4. The Hall–Kier alpha value is -0.172. The van der Waals surface area contributed by atoms with Crippen LogP contribution in [0.25, 0.3) is 10.6 Å². The van der Waals surface area contributed by atoms with Gasteiger partial charge in [-0.2, -0.15) is 27.7 Å². The molecule has 0 unspecified atom stereocenters. The maximum atomic E-state index is 4.44. The van der Waals surface area contributed by atoms with Crippen LogP contribution in [0.2, 0.25) is 0 Å². The van der Waals surface area contributed by atoms with Gasteiger partial charge in [0, 0.05) is 0 Å². The fourth-order valence-electron chi connectivity index (χ4n) is 0.653. The summed E-state index contributed by atoms with van der Waals surface area (Å²) in [6.45, 7) is 24.9. The molecule has 0 aliphatic rings. The molecular formula is C21H45N3W-4. The fraction of sp³-hybridized carbons (Fsp3) is 0.810. The van der Waals surface area contributed by atoms with E-state index in [0.717, 1.165) is 12.8 Å². The smallest absolute Gasteiger partial charge is 0.0663 e. The predicted octanol–water partition coefficient (Wildman–Crippen LogP) is 8.17. The van der Waals surface area contributed by atoms with Crippen LogP contribution in [0.4, 0.5) is 0 Å². The Bertz CT molecular complexity index is 263. The Labute approximate surface area is 172 Å². The van der Waals surface area contributed by atoms with E-state index < -0.39 is 0 Å². The van der Waals surface area contributed by atoms with Crippen molar-refractivity contribution >= 4 is 0 Å². The molecule has 0 heterocycles. The molecule has 0 N–H and O–H groups in total. The molecule has 0 rings (SSSR count). The zero-order chi connectivity index (χ0) is 20.9. The molecule has 0 saturated carbocycles. The maximum absolute atomic E-state index is 4.44. The van der Waals surface area contributed by atoms with Crippen LogP contribution in [-0.2, 0) is 19.6 Å². The normalized spacial score (nSPS) is 10.6. The van der Waals surface area contributed by atoms with Crippen LogP contribution in [0.5, 0.6) is 0 Å². The predicted molar refractivity (Wildman–Crippen MR) is 113 cm³/mol. The second kappa shape index (κ2) is 21.9. The van der Waals surface area contributed by atoms with Gasteiger partial charge in [0.15, 0.2) is 0 Å². The molecule has 0 aliphatic heterocycles. The molecule has 0 saturated heterocycles. The van der Waals surface area contributed by atoms with E-state index in [1.807, 2.05) is 52.9 Å². The van der Waals surface area contributed by atoms with E-state index in [9.17, 15) is 0 Å². The molecule has 3 nitrogen and oxygen atoms in total. The first kappa shape index (κ1) is 32.5. The molecule has 0 bridgehead atoms. The molecule has 154 valence electrons. The summed E-state index contributed by atoms with van der Waals surface area (Å²) in [5, 5.41) is 8.88. The van der Waals surface area contributed by atoms with Crippen molar-refractivity contribution in [2.24, 2.45) is 3.50 Å². The van der Waals surface area contributed by atoms with Crippen LogP contribution in [0.1, 0.15) is 95.9 Å². The van der Waals surface area contributed by atoms with Crippen molar-refractivity contribution < 1.29 is 19.6 Å². The van der Waals surface area contributed by atoms with Crippen LogP contribution in [0.15, 0.2) is 15.9 Å². The summed E-state index contributed by atoms with van der Waals surface area (Å²) < 4.78 is 3.97. The zero-order valence-electron chi connectivity index (χ0n) is 19.1. The summed E-state index contributed by atoms with van der Waals surface area (Å²) in [5.41, 5.74) is 0.0881. The Kier molecular flexibility index (Phi) is 28.4. The summed E-state index contributed by atoms with van der Waals surface area (Å²) in [4.78, 5) is 0. The Balaban J connectivity index is -0.000000164. The SMILES string of the molecule is CC(C)[N]=[W].CCC(C)(C)[N-]/C=C\[N-]C(C)(C)CC.C[CH-]C.C[CH-]C. The van der Waals surface area contributed by atoms with Crippen LogP contribution in [0.3, 0.4) is 0 Å². The molecule has 4 heteroatoms. The van der Waals surface area contributed by atoms with Crippen LogP contribution in [0, 0.1) is 12.8 Å². The third kappa shape index (κ3) is 40.1. The summed E-state index contributed by atoms with van der Waals surface area (Å²) in [7, 11) is 0. The van der Waals surface area contributed by atoms with Gasteiger partial charge in [0.05, 0.1) is 0 Å². The summed E-state index contributed by atoms with van der Waals surface area (Å²) >= 11 is 1.33. The third-order valence-electron chi connectivity index (χ3n) is 2.86. The summed E-state index contributed by atoms with van der Waals surface area (Å²) in [5.74, 6) is 0. The van der Waals surface area contributed by atoms with E-state index >= 15 is 0 Å². The van der Waals surface area contributed by atoms with Crippen molar-refractivity contribution in [1.82, 2.24) is 0 Å². The summed E-state index contributed by atoms with van der Waals surface area (Å²) in [6, 6.07) is 0.546. The van der Waals surface area contributed by atoms with Gasteiger partial charge in [0.1, 0.15) is 0 Å². The van der Waals surface area contributed by atoms with Crippen molar-refractivity contribution in [1.29, 1.82) is 0 Å².